The number of phenols is 1. The number of aromatic nitrogens is 1. The number of phenolic OH excluding ortho intramolecular Hbond substituents is 1. The summed E-state index contributed by atoms with van der Waals surface area (Å²) in [6.07, 6.45) is 2.63. The molecule has 0 aliphatic carbocycles. The van der Waals surface area contributed by atoms with Crippen LogP contribution in [0.4, 0.5) is 0 Å². The zero-order valence-corrected chi connectivity index (χ0v) is 9.55. The molecule has 0 saturated heterocycles. The third kappa shape index (κ3) is 2.07. The van der Waals surface area contributed by atoms with E-state index in [1.54, 1.807) is 12.1 Å². The van der Waals surface area contributed by atoms with Gasteiger partial charge in [0.15, 0.2) is 0 Å². The van der Waals surface area contributed by atoms with E-state index in [9.17, 15) is 5.11 Å². The molecular formula is C10H11N2OSc-. The van der Waals surface area contributed by atoms with E-state index >= 15 is 0 Å². The van der Waals surface area contributed by atoms with Crippen LogP contribution in [0.3, 0.4) is 0 Å². The molecule has 0 atom stereocenters. The fraction of sp³-hybridized carbons (Fsp3) is 0.200. The summed E-state index contributed by atoms with van der Waals surface area (Å²) in [7, 11) is 0. The predicted octanol–water partition coefficient (Wildman–Crippen LogP) is 2.47. The molecule has 1 heterocycles. The van der Waals surface area contributed by atoms with E-state index in [1.165, 1.54) is 0 Å². The number of fused-ring (bicyclic) bond motifs is 1. The minimum atomic E-state index is 0. The first-order valence-corrected chi connectivity index (χ1v) is 4.25. The van der Waals surface area contributed by atoms with Gasteiger partial charge in [-0.25, -0.2) is 0 Å². The Bertz CT molecular complexity index is 425. The van der Waals surface area contributed by atoms with Crippen molar-refractivity contribution in [2.75, 3.05) is 6.54 Å². The van der Waals surface area contributed by atoms with Crippen molar-refractivity contribution in [1.82, 2.24) is 4.98 Å². The van der Waals surface area contributed by atoms with Crippen molar-refractivity contribution in [2.45, 2.75) is 6.42 Å². The first kappa shape index (κ1) is 11.5. The molecule has 0 unspecified atom stereocenters. The summed E-state index contributed by atoms with van der Waals surface area (Å²) in [6, 6.07) is 5.23. The molecule has 0 spiro atoms. The third-order valence-electron chi connectivity index (χ3n) is 2.15. The molecule has 71 valence electrons. The number of nitrogens with one attached hydrogen (secondary N) is 2. The number of hydrogen-bond donors (Lipinski definition) is 2. The summed E-state index contributed by atoms with van der Waals surface area (Å²) < 4.78 is 0. The molecule has 1 aromatic heterocycles. The number of benzene rings is 1. The van der Waals surface area contributed by atoms with Crippen LogP contribution in [0, 0.1) is 0 Å². The standard InChI is InChI=1S/C10H11N2O.Sc/c11-4-3-7-6-12-10-2-1-8(13)5-9(7)10;/h1-2,5-6,11-13H,3-4H2;/q-1;. The van der Waals surface area contributed by atoms with Gasteiger partial charge in [-0.3, -0.25) is 0 Å². The van der Waals surface area contributed by atoms with Gasteiger partial charge in [-0.15, -0.1) is 6.54 Å². The molecule has 0 aliphatic rings. The van der Waals surface area contributed by atoms with Crippen LogP contribution in [0.25, 0.3) is 16.6 Å². The van der Waals surface area contributed by atoms with Gasteiger partial charge in [-0.1, -0.05) is 0 Å². The Kier molecular flexibility index (Phi) is 3.89. The Morgan fingerprint density at radius 1 is 1.36 bits per heavy atom. The molecule has 2 aromatic rings. The molecule has 4 heteroatoms. The monoisotopic (exact) mass is 220 g/mol. The van der Waals surface area contributed by atoms with Gasteiger partial charge in [-0.05, 0) is 30.2 Å². The SMILES string of the molecule is [NH-]CCc1c[nH]c2ccc(O)cc12.[Sc]. The topological polar surface area (TPSA) is 59.8 Å². The van der Waals surface area contributed by atoms with E-state index in [1.807, 2.05) is 12.3 Å². The van der Waals surface area contributed by atoms with Crippen LogP contribution in [-0.2, 0) is 32.3 Å². The fourth-order valence-electron chi connectivity index (χ4n) is 1.51. The van der Waals surface area contributed by atoms with Crippen molar-refractivity contribution in [1.29, 1.82) is 0 Å². The summed E-state index contributed by atoms with van der Waals surface area (Å²) in [5.74, 6) is 0.276. The Balaban J connectivity index is 0.000000980. The van der Waals surface area contributed by atoms with Crippen molar-refractivity contribution in [2.24, 2.45) is 0 Å². The molecule has 3 N–H and O–H groups in total. The Morgan fingerprint density at radius 3 is 2.86 bits per heavy atom. The van der Waals surface area contributed by atoms with Gasteiger partial charge in [0, 0.05) is 42.9 Å². The molecule has 0 fully saturated rings. The summed E-state index contributed by atoms with van der Waals surface area (Å²) in [4.78, 5) is 3.11. The minimum Gasteiger partial charge on any atom is -0.677 e. The molecule has 1 radical (unpaired) electrons. The van der Waals surface area contributed by atoms with Crippen LogP contribution in [0.15, 0.2) is 24.4 Å². The summed E-state index contributed by atoms with van der Waals surface area (Å²) >= 11 is 0. The number of aromatic hydroxyl groups is 1. The average molecular weight is 220 g/mol. The van der Waals surface area contributed by atoms with Gasteiger partial charge in [0.05, 0.1) is 0 Å². The molecular weight excluding hydrogens is 209 g/mol. The van der Waals surface area contributed by atoms with Crippen molar-refractivity contribution in [3.63, 3.8) is 0 Å². The second kappa shape index (κ2) is 4.75. The van der Waals surface area contributed by atoms with Crippen LogP contribution >= 0.6 is 0 Å². The Morgan fingerprint density at radius 2 is 2.14 bits per heavy atom. The fourth-order valence-corrected chi connectivity index (χ4v) is 1.51. The maximum atomic E-state index is 9.28. The van der Waals surface area contributed by atoms with E-state index < -0.39 is 0 Å². The van der Waals surface area contributed by atoms with E-state index in [0.29, 0.717) is 6.54 Å². The molecule has 2 rings (SSSR count). The summed E-state index contributed by atoms with van der Waals surface area (Å²) in [6.45, 7) is 0.378. The number of aromatic amines is 1. The van der Waals surface area contributed by atoms with E-state index in [-0.39, 0.29) is 31.6 Å². The third-order valence-corrected chi connectivity index (χ3v) is 2.15. The largest absolute Gasteiger partial charge is 0.677 e. The minimum absolute atomic E-state index is 0. The van der Waals surface area contributed by atoms with Crippen LogP contribution in [-0.4, -0.2) is 16.6 Å². The van der Waals surface area contributed by atoms with Crippen molar-refractivity contribution >= 4 is 10.9 Å². The number of rotatable bonds is 2. The molecule has 1 aromatic carbocycles. The van der Waals surface area contributed by atoms with Crippen LogP contribution in [0.2, 0.25) is 0 Å². The van der Waals surface area contributed by atoms with Gasteiger partial charge in [0.25, 0.3) is 0 Å². The van der Waals surface area contributed by atoms with Crippen LogP contribution in [0.5, 0.6) is 5.75 Å². The van der Waals surface area contributed by atoms with Crippen molar-refractivity contribution in [3.8, 4) is 5.75 Å². The van der Waals surface area contributed by atoms with Gasteiger partial charge in [0.2, 0.25) is 0 Å². The Labute approximate surface area is 101 Å². The van der Waals surface area contributed by atoms with E-state index in [0.717, 1.165) is 22.9 Å². The van der Waals surface area contributed by atoms with Gasteiger partial charge < -0.3 is 15.8 Å². The number of H-pyrrole nitrogens is 1. The zero-order chi connectivity index (χ0) is 9.26. The molecule has 0 aliphatic heterocycles. The van der Waals surface area contributed by atoms with Gasteiger partial charge in [-0.2, -0.15) is 0 Å². The van der Waals surface area contributed by atoms with Gasteiger partial charge >= 0.3 is 0 Å². The molecule has 3 nitrogen and oxygen atoms in total. The molecule has 0 bridgehead atoms. The van der Waals surface area contributed by atoms with Crippen LogP contribution < -0.4 is 0 Å². The van der Waals surface area contributed by atoms with E-state index in [4.69, 9.17) is 5.73 Å². The normalized spacial score (nSPS) is 10.1. The van der Waals surface area contributed by atoms with Crippen molar-refractivity contribution in [3.05, 3.63) is 35.7 Å². The second-order valence-corrected chi connectivity index (χ2v) is 3.04. The van der Waals surface area contributed by atoms with Crippen LogP contribution in [0.1, 0.15) is 5.56 Å². The first-order valence-electron chi connectivity index (χ1n) is 4.25. The zero-order valence-electron chi connectivity index (χ0n) is 7.75. The summed E-state index contributed by atoms with van der Waals surface area (Å²) in [5.41, 5.74) is 9.24. The smallest absolute Gasteiger partial charge is 0.116 e. The molecule has 0 amide bonds. The predicted molar refractivity (Wildman–Crippen MR) is 52.9 cm³/mol. The quantitative estimate of drug-likeness (QED) is 0.802. The molecule has 0 saturated carbocycles. The summed E-state index contributed by atoms with van der Waals surface area (Å²) in [5, 5.41) is 10.3. The molecule has 14 heavy (non-hydrogen) atoms. The van der Waals surface area contributed by atoms with Gasteiger partial charge in [0.1, 0.15) is 5.75 Å². The van der Waals surface area contributed by atoms with E-state index in [2.05, 4.69) is 4.98 Å². The second-order valence-electron chi connectivity index (χ2n) is 3.04. The maximum Gasteiger partial charge on any atom is 0.116 e. The van der Waals surface area contributed by atoms with Crippen molar-refractivity contribution < 1.29 is 30.9 Å². The maximum absolute atomic E-state index is 9.28. The Hall–Kier alpha value is -0.610. The average Bonchev–Trinajstić information content (AvgIpc) is 2.49. The first-order chi connectivity index (χ1) is 6.31. The number of hydrogen-bond acceptors (Lipinski definition) is 1.